The van der Waals surface area contributed by atoms with Crippen LogP contribution in [-0.4, -0.2) is 42.1 Å². The van der Waals surface area contributed by atoms with E-state index >= 15 is 0 Å². The molecule has 0 aliphatic carbocycles. The van der Waals surface area contributed by atoms with Crippen LogP contribution < -0.4 is 10.2 Å². The number of para-hydroxylation sites is 1. The maximum Gasteiger partial charge on any atom is 0.412 e. The van der Waals surface area contributed by atoms with Crippen LogP contribution in [0, 0.1) is 0 Å². The van der Waals surface area contributed by atoms with Crippen molar-refractivity contribution in [3.8, 4) is 0 Å². The molecule has 0 fully saturated rings. The monoisotopic (exact) mass is 451 g/mol. The van der Waals surface area contributed by atoms with E-state index in [1.807, 2.05) is 62.1 Å². The molecule has 0 saturated carbocycles. The van der Waals surface area contributed by atoms with Gasteiger partial charge in [0.05, 0.1) is 17.9 Å². The molecule has 2 aromatic carbocycles. The lowest BCUT2D eigenvalue weighted by Gasteiger charge is -2.29. The smallest absolute Gasteiger partial charge is 0.412 e. The first-order valence-corrected chi connectivity index (χ1v) is 12.0. The molecule has 1 aliphatic rings. The molecule has 33 heavy (non-hydrogen) atoms. The van der Waals surface area contributed by atoms with E-state index in [1.165, 1.54) is 0 Å². The molecule has 0 bridgehead atoms. The van der Waals surface area contributed by atoms with Gasteiger partial charge in [-0.1, -0.05) is 38.1 Å². The van der Waals surface area contributed by atoms with E-state index < -0.39 is 11.7 Å². The lowest BCUT2D eigenvalue weighted by molar-refractivity contribution is -0.119. The lowest BCUT2D eigenvalue weighted by atomic mass is 10.0. The van der Waals surface area contributed by atoms with E-state index in [9.17, 15) is 9.59 Å². The summed E-state index contributed by atoms with van der Waals surface area (Å²) in [4.78, 5) is 30.1. The summed E-state index contributed by atoms with van der Waals surface area (Å²) in [7, 11) is 0. The Balaban J connectivity index is 1.97. The zero-order valence-corrected chi connectivity index (χ0v) is 20.6. The molecule has 2 amide bonds. The molecule has 1 aliphatic heterocycles. The first kappa shape index (κ1) is 24.8. The maximum atomic E-state index is 13.7. The minimum Gasteiger partial charge on any atom is -0.444 e. The molecule has 1 N–H and O–H groups in total. The van der Waals surface area contributed by atoms with Gasteiger partial charge in [0.2, 0.25) is 5.91 Å². The number of fused-ring (bicyclic) bond motifs is 2. The van der Waals surface area contributed by atoms with E-state index in [4.69, 9.17) is 4.74 Å². The average Bonchev–Trinajstić information content (AvgIpc) is 2.89. The van der Waals surface area contributed by atoms with Crippen molar-refractivity contribution in [2.45, 2.75) is 65.9 Å². The highest BCUT2D eigenvalue weighted by molar-refractivity contribution is 6.04. The first-order valence-electron chi connectivity index (χ1n) is 12.0. The Labute approximate surface area is 197 Å². The zero-order valence-electron chi connectivity index (χ0n) is 20.6. The van der Waals surface area contributed by atoms with Crippen molar-refractivity contribution in [2.75, 3.05) is 29.9 Å². The Hall–Kier alpha value is -2.86. The van der Waals surface area contributed by atoms with Crippen LogP contribution in [0.25, 0.3) is 0 Å². The fourth-order valence-electron chi connectivity index (χ4n) is 4.26. The fourth-order valence-corrected chi connectivity index (χ4v) is 4.26. The molecule has 0 radical (unpaired) electrons. The number of hydrogen-bond donors (Lipinski definition) is 1. The highest BCUT2D eigenvalue weighted by atomic mass is 16.6. The molecule has 0 unspecified atom stereocenters. The van der Waals surface area contributed by atoms with Crippen LogP contribution in [0.1, 0.15) is 58.6 Å². The molecular weight excluding hydrogens is 414 g/mol. The second-order valence-corrected chi connectivity index (χ2v) is 9.60. The number of aryl methyl sites for hydroxylation is 2. The van der Waals surface area contributed by atoms with Crippen molar-refractivity contribution >= 4 is 29.1 Å². The van der Waals surface area contributed by atoms with Crippen LogP contribution in [0.5, 0.6) is 0 Å². The van der Waals surface area contributed by atoms with Crippen molar-refractivity contribution in [3.63, 3.8) is 0 Å². The van der Waals surface area contributed by atoms with Gasteiger partial charge >= 0.3 is 6.09 Å². The first-order chi connectivity index (χ1) is 15.7. The minimum absolute atomic E-state index is 0.0434. The summed E-state index contributed by atoms with van der Waals surface area (Å²) in [6.07, 6.45) is 3.19. The second-order valence-electron chi connectivity index (χ2n) is 9.60. The van der Waals surface area contributed by atoms with E-state index in [0.717, 1.165) is 61.3 Å². The van der Waals surface area contributed by atoms with Crippen molar-refractivity contribution in [3.05, 3.63) is 53.6 Å². The molecule has 3 rings (SSSR count). The lowest BCUT2D eigenvalue weighted by Crippen LogP contribution is -2.39. The summed E-state index contributed by atoms with van der Waals surface area (Å²) in [5.41, 5.74) is 4.01. The number of carbonyl (C=O) groups excluding carboxylic acids is 2. The summed E-state index contributed by atoms with van der Waals surface area (Å²) in [5.74, 6) is 0.0434. The molecule has 0 aromatic heterocycles. The number of ether oxygens (including phenoxy) is 1. The van der Waals surface area contributed by atoms with Gasteiger partial charge in [-0.2, -0.15) is 0 Å². The normalized spacial score (nSPS) is 13.2. The zero-order chi connectivity index (χ0) is 24.0. The van der Waals surface area contributed by atoms with E-state index in [2.05, 4.69) is 30.1 Å². The Morgan fingerprint density at radius 2 is 1.61 bits per heavy atom. The van der Waals surface area contributed by atoms with E-state index in [-0.39, 0.29) is 5.91 Å². The van der Waals surface area contributed by atoms with Crippen LogP contribution in [-0.2, 0) is 22.4 Å². The number of rotatable bonds is 7. The quantitative estimate of drug-likeness (QED) is 0.568. The van der Waals surface area contributed by atoms with Crippen molar-refractivity contribution in [2.24, 2.45) is 0 Å². The highest BCUT2D eigenvalue weighted by Gasteiger charge is 2.27. The third-order valence-corrected chi connectivity index (χ3v) is 5.56. The van der Waals surface area contributed by atoms with Gasteiger partial charge in [-0.15, -0.1) is 0 Å². The Morgan fingerprint density at radius 3 is 2.24 bits per heavy atom. The van der Waals surface area contributed by atoms with Crippen LogP contribution in [0.15, 0.2) is 42.5 Å². The molecule has 6 heteroatoms. The summed E-state index contributed by atoms with van der Waals surface area (Å²) in [6, 6.07) is 13.9. The summed E-state index contributed by atoms with van der Waals surface area (Å²) >= 11 is 0. The van der Waals surface area contributed by atoms with Crippen LogP contribution in [0.4, 0.5) is 21.9 Å². The van der Waals surface area contributed by atoms with Crippen LogP contribution >= 0.6 is 0 Å². The largest absolute Gasteiger partial charge is 0.444 e. The predicted molar refractivity (Wildman–Crippen MR) is 134 cm³/mol. The number of benzene rings is 2. The van der Waals surface area contributed by atoms with Crippen LogP contribution in [0.2, 0.25) is 0 Å². The number of anilines is 3. The molecule has 0 saturated heterocycles. The number of nitrogens with one attached hydrogen (secondary N) is 1. The molecule has 1 heterocycles. The molecule has 178 valence electrons. The highest BCUT2D eigenvalue weighted by Crippen LogP contribution is 2.37. The van der Waals surface area contributed by atoms with Gasteiger partial charge < -0.3 is 4.74 Å². The van der Waals surface area contributed by atoms with Gasteiger partial charge in [-0.3, -0.25) is 19.9 Å². The van der Waals surface area contributed by atoms with E-state index in [0.29, 0.717) is 12.2 Å². The third-order valence-electron chi connectivity index (χ3n) is 5.56. The molecule has 6 nitrogen and oxygen atoms in total. The standard InChI is InChI=1S/C27H37N3O3/c1-6-16-29(17-7-2)19-25(31)30-23-11-9-8-10-20(23)12-13-21-14-15-22(18-24(21)30)28-26(32)33-27(3,4)5/h8-11,14-15,18H,6-7,12-13,16-17,19H2,1-5H3,(H,28,32). The van der Waals surface area contributed by atoms with Gasteiger partial charge in [-0.25, -0.2) is 4.79 Å². The van der Waals surface area contributed by atoms with Gasteiger partial charge in [0.1, 0.15) is 5.60 Å². The SMILES string of the molecule is CCCN(CCC)CC(=O)N1c2ccccc2CCc2ccc(NC(=O)OC(C)(C)C)cc21. The van der Waals surface area contributed by atoms with Gasteiger partial charge in [0.15, 0.2) is 0 Å². The van der Waals surface area contributed by atoms with E-state index in [1.54, 1.807) is 0 Å². The third kappa shape index (κ3) is 6.57. The van der Waals surface area contributed by atoms with Gasteiger partial charge in [0.25, 0.3) is 0 Å². The average molecular weight is 452 g/mol. The topological polar surface area (TPSA) is 61.9 Å². The van der Waals surface area contributed by atoms with Gasteiger partial charge in [0, 0.05) is 5.69 Å². The number of carbonyl (C=O) groups is 2. The predicted octanol–water partition coefficient (Wildman–Crippen LogP) is 5.92. The molecule has 2 aromatic rings. The van der Waals surface area contributed by atoms with Gasteiger partial charge in [-0.05, 0) is 88.9 Å². The Morgan fingerprint density at radius 1 is 0.970 bits per heavy atom. The van der Waals surface area contributed by atoms with Crippen molar-refractivity contribution < 1.29 is 14.3 Å². The molecular formula is C27H37N3O3. The Bertz CT molecular complexity index is 975. The minimum atomic E-state index is -0.585. The molecule has 0 spiro atoms. The van der Waals surface area contributed by atoms with Crippen LogP contribution in [0.3, 0.4) is 0 Å². The van der Waals surface area contributed by atoms with Crippen molar-refractivity contribution in [1.82, 2.24) is 4.90 Å². The second kappa shape index (κ2) is 10.8. The summed E-state index contributed by atoms with van der Waals surface area (Å²) in [5, 5.41) is 2.82. The Kier molecular flexibility index (Phi) is 8.14. The summed E-state index contributed by atoms with van der Waals surface area (Å²) in [6.45, 7) is 11.9. The number of amides is 2. The molecule has 0 atom stereocenters. The fraction of sp³-hybridized carbons (Fsp3) is 0.481. The van der Waals surface area contributed by atoms with Crippen molar-refractivity contribution in [1.29, 1.82) is 0 Å². The summed E-state index contributed by atoms with van der Waals surface area (Å²) < 4.78 is 5.41. The maximum absolute atomic E-state index is 13.7. The number of hydrogen-bond acceptors (Lipinski definition) is 4. The number of nitrogens with zero attached hydrogens (tertiary/aromatic N) is 2.